The van der Waals surface area contributed by atoms with Gasteiger partial charge in [0.2, 0.25) is 0 Å². The summed E-state index contributed by atoms with van der Waals surface area (Å²) in [4.78, 5) is 14.9. The lowest BCUT2D eigenvalue weighted by molar-refractivity contribution is 0.198. The number of hydrogen-bond acceptors (Lipinski definition) is 4. The van der Waals surface area contributed by atoms with Crippen molar-refractivity contribution in [2.24, 2.45) is 0 Å². The number of aromatic nitrogens is 3. The molecule has 0 saturated carbocycles. The number of H-pyrrole nitrogens is 1. The Morgan fingerprint density at radius 3 is 3.16 bits per heavy atom. The molecule has 1 unspecified atom stereocenters. The fraction of sp³-hybridized carbons (Fsp3) is 0.400. The van der Waals surface area contributed by atoms with Gasteiger partial charge in [0.05, 0.1) is 12.8 Å². The van der Waals surface area contributed by atoms with Crippen LogP contribution in [0.15, 0.2) is 36.7 Å². The van der Waals surface area contributed by atoms with Gasteiger partial charge in [-0.1, -0.05) is 0 Å². The molecule has 0 radical (unpaired) electrons. The highest BCUT2D eigenvalue weighted by molar-refractivity contribution is 5.80. The molecule has 5 nitrogen and oxygen atoms in total. The van der Waals surface area contributed by atoms with E-state index in [4.69, 9.17) is 4.74 Å². The molecule has 4 rings (SSSR count). The van der Waals surface area contributed by atoms with Crippen molar-refractivity contribution < 1.29 is 4.74 Å². The predicted molar refractivity (Wildman–Crippen MR) is 98.9 cm³/mol. The Morgan fingerprint density at radius 1 is 1.36 bits per heavy atom. The molecule has 3 aromatic heterocycles. The third kappa shape index (κ3) is 3.37. The van der Waals surface area contributed by atoms with Gasteiger partial charge in [-0.3, -0.25) is 9.88 Å². The fourth-order valence-corrected chi connectivity index (χ4v) is 3.90. The molecule has 25 heavy (non-hydrogen) atoms. The van der Waals surface area contributed by atoms with Crippen molar-refractivity contribution in [3.05, 3.63) is 53.6 Å². The average molecular weight is 336 g/mol. The molecule has 0 bridgehead atoms. The molecular formula is C20H24N4O. The highest BCUT2D eigenvalue weighted by Crippen LogP contribution is 2.32. The number of rotatable bonds is 4. The zero-order valence-corrected chi connectivity index (χ0v) is 14.8. The van der Waals surface area contributed by atoms with Crippen molar-refractivity contribution >= 4 is 11.0 Å². The molecule has 1 aliphatic rings. The van der Waals surface area contributed by atoms with Crippen LogP contribution < -0.4 is 4.74 Å². The van der Waals surface area contributed by atoms with Gasteiger partial charge in [0.1, 0.15) is 11.4 Å². The Hall–Kier alpha value is -2.40. The topological polar surface area (TPSA) is 54.0 Å². The molecule has 130 valence electrons. The van der Waals surface area contributed by atoms with Gasteiger partial charge in [0.25, 0.3) is 0 Å². The highest BCUT2D eigenvalue weighted by Gasteiger charge is 2.24. The molecule has 0 aromatic carbocycles. The number of methoxy groups -OCH3 is 1. The van der Waals surface area contributed by atoms with E-state index in [2.05, 4.69) is 32.1 Å². The van der Waals surface area contributed by atoms with Crippen LogP contribution >= 0.6 is 0 Å². The van der Waals surface area contributed by atoms with Gasteiger partial charge in [-0.25, -0.2) is 4.98 Å². The number of piperidine rings is 1. The van der Waals surface area contributed by atoms with Gasteiger partial charge < -0.3 is 9.72 Å². The van der Waals surface area contributed by atoms with Crippen molar-refractivity contribution in [1.82, 2.24) is 19.9 Å². The minimum Gasteiger partial charge on any atom is -0.497 e. The first kappa shape index (κ1) is 16.1. The van der Waals surface area contributed by atoms with E-state index in [1.165, 1.54) is 23.8 Å². The van der Waals surface area contributed by atoms with E-state index in [0.29, 0.717) is 5.92 Å². The van der Waals surface area contributed by atoms with Crippen molar-refractivity contribution in [2.45, 2.75) is 32.2 Å². The normalized spacial score (nSPS) is 18.6. The van der Waals surface area contributed by atoms with Gasteiger partial charge >= 0.3 is 0 Å². The second-order valence-electron chi connectivity index (χ2n) is 6.86. The zero-order valence-electron chi connectivity index (χ0n) is 14.8. The molecule has 3 aromatic rings. The van der Waals surface area contributed by atoms with Crippen molar-refractivity contribution in [1.29, 1.82) is 0 Å². The average Bonchev–Trinajstić information content (AvgIpc) is 3.05. The van der Waals surface area contributed by atoms with Gasteiger partial charge in [0, 0.05) is 48.7 Å². The molecule has 1 atom stereocenters. The van der Waals surface area contributed by atoms with Crippen LogP contribution in [0.1, 0.15) is 35.7 Å². The molecule has 0 amide bonds. The summed E-state index contributed by atoms with van der Waals surface area (Å²) in [5.41, 5.74) is 4.46. The zero-order chi connectivity index (χ0) is 17.2. The summed E-state index contributed by atoms with van der Waals surface area (Å²) in [7, 11) is 1.71. The molecule has 4 heterocycles. The van der Waals surface area contributed by atoms with Gasteiger partial charge in [-0.15, -0.1) is 0 Å². The molecule has 0 spiro atoms. The van der Waals surface area contributed by atoms with Crippen LogP contribution in [0, 0.1) is 6.92 Å². The first-order chi connectivity index (χ1) is 12.2. The largest absolute Gasteiger partial charge is 0.497 e. The Labute approximate surface area is 148 Å². The van der Waals surface area contributed by atoms with E-state index in [-0.39, 0.29) is 0 Å². The number of nitrogens with one attached hydrogen (secondary N) is 1. The van der Waals surface area contributed by atoms with Crippen LogP contribution in [0.3, 0.4) is 0 Å². The molecule has 1 N–H and O–H groups in total. The van der Waals surface area contributed by atoms with Gasteiger partial charge in [-0.2, -0.15) is 0 Å². The highest BCUT2D eigenvalue weighted by atomic mass is 16.5. The predicted octanol–water partition coefficient (Wildman–Crippen LogP) is 3.65. The summed E-state index contributed by atoms with van der Waals surface area (Å²) < 4.78 is 5.38. The van der Waals surface area contributed by atoms with Gasteiger partial charge in [-0.05, 0) is 49.9 Å². The summed E-state index contributed by atoms with van der Waals surface area (Å²) in [5, 5.41) is 1.25. The van der Waals surface area contributed by atoms with Crippen LogP contribution in [0.25, 0.3) is 11.0 Å². The van der Waals surface area contributed by atoms with E-state index < -0.39 is 0 Å². The van der Waals surface area contributed by atoms with Gasteiger partial charge in [0.15, 0.2) is 0 Å². The minimum absolute atomic E-state index is 0.540. The molecule has 1 fully saturated rings. The molecule has 1 aliphatic heterocycles. The lowest BCUT2D eigenvalue weighted by Gasteiger charge is -2.32. The first-order valence-corrected chi connectivity index (χ1v) is 8.89. The standard InChI is InChI=1S/C20H24N4O/c1-14-9-17(25-2)10-16(23-14)13-24-8-4-5-15(12-24)19-11-22-20-18(19)6-3-7-21-20/h3,6-7,9-11,15H,4-5,8,12-13H2,1-2H3,(H,21,22). The second kappa shape index (κ2) is 6.84. The maximum atomic E-state index is 5.38. The van der Waals surface area contributed by atoms with E-state index in [1.807, 2.05) is 31.3 Å². The lowest BCUT2D eigenvalue weighted by Crippen LogP contribution is -2.34. The molecule has 1 saturated heterocycles. The Kier molecular flexibility index (Phi) is 4.40. The molecule has 0 aliphatic carbocycles. The summed E-state index contributed by atoms with van der Waals surface area (Å²) in [6, 6.07) is 8.21. The number of likely N-dealkylation sites (tertiary alicyclic amines) is 1. The van der Waals surface area contributed by atoms with Crippen molar-refractivity contribution in [2.75, 3.05) is 20.2 Å². The third-order valence-electron chi connectivity index (χ3n) is 5.03. The maximum Gasteiger partial charge on any atom is 0.137 e. The summed E-state index contributed by atoms with van der Waals surface area (Å²) in [6.45, 7) is 5.06. The van der Waals surface area contributed by atoms with Crippen LogP contribution in [-0.2, 0) is 6.54 Å². The number of fused-ring (bicyclic) bond motifs is 1. The fourth-order valence-electron chi connectivity index (χ4n) is 3.90. The monoisotopic (exact) mass is 336 g/mol. The maximum absolute atomic E-state index is 5.38. The minimum atomic E-state index is 0.540. The SMILES string of the molecule is COc1cc(C)nc(CN2CCCC(c3c[nH]c4ncccc34)C2)c1. The Bertz CT molecular complexity index is 873. The quantitative estimate of drug-likeness (QED) is 0.790. The third-order valence-corrected chi connectivity index (χ3v) is 5.03. The number of ether oxygens (including phenoxy) is 1. The van der Waals surface area contributed by atoms with E-state index in [9.17, 15) is 0 Å². The van der Waals surface area contributed by atoms with E-state index in [1.54, 1.807) is 7.11 Å². The number of aromatic amines is 1. The Balaban J connectivity index is 1.52. The van der Waals surface area contributed by atoms with E-state index in [0.717, 1.165) is 42.4 Å². The first-order valence-electron chi connectivity index (χ1n) is 8.89. The lowest BCUT2D eigenvalue weighted by atomic mass is 9.90. The molecule has 5 heteroatoms. The smallest absolute Gasteiger partial charge is 0.137 e. The summed E-state index contributed by atoms with van der Waals surface area (Å²) >= 11 is 0. The molecular weight excluding hydrogens is 312 g/mol. The van der Waals surface area contributed by atoms with Crippen LogP contribution in [0.5, 0.6) is 5.75 Å². The van der Waals surface area contributed by atoms with Crippen LogP contribution in [0.2, 0.25) is 0 Å². The summed E-state index contributed by atoms with van der Waals surface area (Å²) in [6.07, 6.45) is 6.41. The number of aryl methyl sites for hydroxylation is 1. The number of pyridine rings is 2. The second-order valence-corrected chi connectivity index (χ2v) is 6.86. The summed E-state index contributed by atoms with van der Waals surface area (Å²) in [5.74, 6) is 1.43. The van der Waals surface area contributed by atoms with Crippen LogP contribution in [0.4, 0.5) is 0 Å². The number of nitrogens with zero attached hydrogens (tertiary/aromatic N) is 3. The Morgan fingerprint density at radius 2 is 2.28 bits per heavy atom. The van der Waals surface area contributed by atoms with Crippen molar-refractivity contribution in [3.63, 3.8) is 0 Å². The van der Waals surface area contributed by atoms with Crippen molar-refractivity contribution in [3.8, 4) is 5.75 Å². The van der Waals surface area contributed by atoms with E-state index >= 15 is 0 Å². The number of hydrogen-bond donors (Lipinski definition) is 1. The van der Waals surface area contributed by atoms with Crippen LogP contribution in [-0.4, -0.2) is 40.1 Å².